The van der Waals surface area contributed by atoms with Crippen LogP contribution in [0.5, 0.6) is 5.75 Å². The lowest BCUT2D eigenvalue weighted by Gasteiger charge is -2.33. The Morgan fingerprint density at radius 3 is 2.64 bits per heavy atom. The van der Waals surface area contributed by atoms with Gasteiger partial charge in [0.1, 0.15) is 5.75 Å². The highest BCUT2D eigenvalue weighted by Crippen LogP contribution is 2.28. The van der Waals surface area contributed by atoms with Gasteiger partial charge in [-0.2, -0.15) is 0 Å². The molecular formula is C17H25Cl2N3O3. The summed E-state index contributed by atoms with van der Waals surface area (Å²) in [6, 6.07) is 4.05. The first-order valence-electron chi connectivity index (χ1n) is 8.26. The molecule has 8 heteroatoms. The molecule has 0 spiro atoms. The number of phenols is 1. The Labute approximate surface area is 159 Å². The van der Waals surface area contributed by atoms with E-state index in [9.17, 15) is 14.7 Å². The Hall–Kier alpha value is -1.50. The molecular weight excluding hydrogens is 365 g/mol. The van der Waals surface area contributed by atoms with Crippen LogP contribution in [0, 0.1) is 5.92 Å². The second kappa shape index (κ2) is 9.85. The first-order chi connectivity index (χ1) is 11.4. The summed E-state index contributed by atoms with van der Waals surface area (Å²) in [5, 5.41) is 12.9. The normalized spacial score (nSPS) is 16.0. The molecule has 1 heterocycles. The largest absolute Gasteiger partial charge is 0.506 e. The predicted molar refractivity (Wildman–Crippen MR) is 101 cm³/mol. The number of phenolic OH excluding ortho intramolecular Hbond substituents is 1. The Bertz CT molecular complexity index is 605. The van der Waals surface area contributed by atoms with Crippen LogP contribution in [0.25, 0.3) is 0 Å². The monoisotopic (exact) mass is 389 g/mol. The summed E-state index contributed by atoms with van der Waals surface area (Å²) < 4.78 is 0. The number of carbonyl (C=O) groups excluding carboxylic acids is 2. The minimum Gasteiger partial charge on any atom is -0.506 e. The van der Waals surface area contributed by atoms with E-state index in [1.807, 2.05) is 6.92 Å². The minimum atomic E-state index is -0.455. The summed E-state index contributed by atoms with van der Waals surface area (Å²) in [5.41, 5.74) is 6.18. The zero-order chi connectivity index (χ0) is 17.7. The molecule has 0 radical (unpaired) electrons. The van der Waals surface area contributed by atoms with Crippen LogP contribution in [0.2, 0.25) is 5.02 Å². The van der Waals surface area contributed by atoms with Gasteiger partial charge in [-0.1, -0.05) is 24.9 Å². The molecule has 0 aromatic heterocycles. The van der Waals surface area contributed by atoms with Gasteiger partial charge in [-0.3, -0.25) is 9.59 Å². The van der Waals surface area contributed by atoms with Crippen LogP contribution in [-0.4, -0.2) is 41.0 Å². The highest BCUT2D eigenvalue weighted by atomic mass is 35.5. The zero-order valence-electron chi connectivity index (χ0n) is 14.2. The topological polar surface area (TPSA) is 95.7 Å². The summed E-state index contributed by atoms with van der Waals surface area (Å²) in [7, 11) is 0. The molecule has 25 heavy (non-hydrogen) atoms. The predicted octanol–water partition coefficient (Wildman–Crippen LogP) is 2.77. The standard InChI is InChI=1S/C17H24ClN3O3.ClH/c1-2-3-13(19)17(24)21-8-6-11(7-9-21)16(23)20-14-10-12(18)4-5-15(14)22;/h4-5,10-11,13,22H,2-3,6-9,19H2,1H3,(H,20,23);1H. The van der Waals surface area contributed by atoms with Crippen molar-refractivity contribution in [3.8, 4) is 5.75 Å². The number of halogens is 2. The Morgan fingerprint density at radius 2 is 2.04 bits per heavy atom. The van der Waals surface area contributed by atoms with Crippen molar-refractivity contribution in [3.05, 3.63) is 23.2 Å². The average molecular weight is 390 g/mol. The Balaban J connectivity index is 0.00000312. The van der Waals surface area contributed by atoms with E-state index < -0.39 is 6.04 Å². The van der Waals surface area contributed by atoms with Crippen LogP contribution < -0.4 is 11.1 Å². The summed E-state index contributed by atoms with van der Waals surface area (Å²) in [6.45, 7) is 3.04. The molecule has 0 saturated carbocycles. The third-order valence-electron chi connectivity index (χ3n) is 4.31. The number of aromatic hydroxyl groups is 1. The minimum absolute atomic E-state index is 0. The molecule has 1 aliphatic rings. The Morgan fingerprint density at radius 1 is 1.40 bits per heavy atom. The van der Waals surface area contributed by atoms with E-state index in [4.69, 9.17) is 17.3 Å². The second-order valence-electron chi connectivity index (χ2n) is 6.15. The number of hydrogen-bond donors (Lipinski definition) is 3. The van der Waals surface area contributed by atoms with E-state index in [0.29, 0.717) is 43.1 Å². The molecule has 0 bridgehead atoms. The first-order valence-corrected chi connectivity index (χ1v) is 8.64. The molecule has 4 N–H and O–H groups in total. The molecule has 6 nitrogen and oxygen atoms in total. The van der Waals surface area contributed by atoms with Crippen LogP contribution in [0.3, 0.4) is 0 Å². The van der Waals surface area contributed by atoms with E-state index in [-0.39, 0.29) is 35.9 Å². The molecule has 1 aliphatic heterocycles. The molecule has 1 atom stereocenters. The number of likely N-dealkylation sites (tertiary alicyclic amines) is 1. The van der Waals surface area contributed by atoms with Gasteiger partial charge in [-0.15, -0.1) is 12.4 Å². The van der Waals surface area contributed by atoms with Gasteiger partial charge in [0, 0.05) is 24.0 Å². The number of piperidine rings is 1. The Kier molecular flexibility index (Phi) is 8.48. The van der Waals surface area contributed by atoms with Gasteiger partial charge in [-0.05, 0) is 37.5 Å². The molecule has 1 aromatic carbocycles. The number of nitrogens with two attached hydrogens (primary N) is 1. The fourth-order valence-electron chi connectivity index (χ4n) is 2.87. The van der Waals surface area contributed by atoms with Crippen molar-refractivity contribution in [2.45, 2.75) is 38.6 Å². The maximum atomic E-state index is 12.4. The van der Waals surface area contributed by atoms with Crippen LogP contribution in [0.1, 0.15) is 32.6 Å². The van der Waals surface area contributed by atoms with Crippen molar-refractivity contribution in [3.63, 3.8) is 0 Å². The maximum absolute atomic E-state index is 12.4. The fourth-order valence-corrected chi connectivity index (χ4v) is 3.05. The maximum Gasteiger partial charge on any atom is 0.239 e. The van der Waals surface area contributed by atoms with Gasteiger partial charge < -0.3 is 21.1 Å². The lowest BCUT2D eigenvalue weighted by atomic mass is 9.95. The third kappa shape index (κ3) is 5.76. The number of nitrogens with zero attached hydrogens (tertiary/aromatic N) is 1. The number of benzene rings is 1. The number of carbonyl (C=O) groups is 2. The average Bonchev–Trinajstić information content (AvgIpc) is 2.57. The summed E-state index contributed by atoms with van der Waals surface area (Å²) in [5.74, 6) is -0.429. The van der Waals surface area contributed by atoms with Crippen molar-refractivity contribution in [2.75, 3.05) is 18.4 Å². The highest BCUT2D eigenvalue weighted by Gasteiger charge is 2.29. The van der Waals surface area contributed by atoms with Crippen LogP contribution in [0.4, 0.5) is 5.69 Å². The van der Waals surface area contributed by atoms with Crippen LogP contribution >= 0.6 is 24.0 Å². The summed E-state index contributed by atoms with van der Waals surface area (Å²) >= 11 is 5.88. The smallest absolute Gasteiger partial charge is 0.239 e. The third-order valence-corrected chi connectivity index (χ3v) is 4.55. The van der Waals surface area contributed by atoms with Gasteiger partial charge in [-0.25, -0.2) is 0 Å². The number of nitrogens with one attached hydrogen (secondary N) is 1. The fraction of sp³-hybridized carbons (Fsp3) is 0.529. The van der Waals surface area contributed by atoms with Crippen molar-refractivity contribution in [2.24, 2.45) is 11.7 Å². The van der Waals surface area contributed by atoms with Crippen LogP contribution in [-0.2, 0) is 9.59 Å². The SMILES string of the molecule is CCCC(N)C(=O)N1CCC(C(=O)Nc2cc(Cl)ccc2O)CC1.Cl. The number of amides is 2. The van der Waals surface area contributed by atoms with Gasteiger partial charge in [0.05, 0.1) is 11.7 Å². The van der Waals surface area contributed by atoms with E-state index in [1.54, 1.807) is 11.0 Å². The zero-order valence-corrected chi connectivity index (χ0v) is 15.8. The van der Waals surface area contributed by atoms with E-state index in [2.05, 4.69) is 5.32 Å². The quantitative estimate of drug-likeness (QED) is 0.674. The molecule has 1 unspecified atom stereocenters. The molecule has 1 fully saturated rings. The number of hydrogen-bond acceptors (Lipinski definition) is 4. The van der Waals surface area contributed by atoms with Crippen molar-refractivity contribution in [1.29, 1.82) is 0 Å². The van der Waals surface area contributed by atoms with Crippen molar-refractivity contribution < 1.29 is 14.7 Å². The van der Waals surface area contributed by atoms with Gasteiger partial charge in [0.2, 0.25) is 11.8 Å². The molecule has 0 aliphatic carbocycles. The van der Waals surface area contributed by atoms with E-state index >= 15 is 0 Å². The molecule has 1 aromatic rings. The van der Waals surface area contributed by atoms with Crippen molar-refractivity contribution in [1.82, 2.24) is 4.90 Å². The molecule has 1 saturated heterocycles. The highest BCUT2D eigenvalue weighted by molar-refractivity contribution is 6.31. The van der Waals surface area contributed by atoms with Crippen molar-refractivity contribution >= 4 is 41.5 Å². The van der Waals surface area contributed by atoms with E-state index in [1.165, 1.54) is 12.1 Å². The number of anilines is 1. The second-order valence-corrected chi connectivity index (χ2v) is 6.58. The summed E-state index contributed by atoms with van der Waals surface area (Å²) in [4.78, 5) is 26.3. The van der Waals surface area contributed by atoms with E-state index in [0.717, 1.165) is 6.42 Å². The molecule has 2 rings (SSSR count). The van der Waals surface area contributed by atoms with Gasteiger partial charge in [0.15, 0.2) is 0 Å². The first kappa shape index (κ1) is 21.5. The number of rotatable bonds is 5. The lowest BCUT2D eigenvalue weighted by Crippen LogP contribution is -2.48. The van der Waals surface area contributed by atoms with Gasteiger partial charge in [0.25, 0.3) is 0 Å². The lowest BCUT2D eigenvalue weighted by molar-refractivity contribution is -0.135. The van der Waals surface area contributed by atoms with Crippen LogP contribution in [0.15, 0.2) is 18.2 Å². The summed E-state index contributed by atoms with van der Waals surface area (Å²) in [6.07, 6.45) is 2.71. The molecule has 2 amide bonds. The molecule has 140 valence electrons. The van der Waals surface area contributed by atoms with Gasteiger partial charge >= 0.3 is 0 Å².